The summed E-state index contributed by atoms with van der Waals surface area (Å²) in [7, 11) is 0. The Bertz CT molecular complexity index is 185. The van der Waals surface area contributed by atoms with Crippen LogP contribution in [-0.2, 0) is 9.47 Å². The summed E-state index contributed by atoms with van der Waals surface area (Å²) in [5.74, 6) is -0.143. The first kappa shape index (κ1) is 11.4. The summed E-state index contributed by atoms with van der Waals surface area (Å²) in [5, 5.41) is 0. The van der Waals surface area contributed by atoms with Crippen LogP contribution in [0.4, 0.5) is 0 Å². The largest absolute Gasteiger partial charge is 0.347 e. The average molecular weight is 212 g/mol. The predicted molar refractivity (Wildman–Crippen MR) is 60.8 cm³/mol. The van der Waals surface area contributed by atoms with Gasteiger partial charge in [0.25, 0.3) is 0 Å². The van der Waals surface area contributed by atoms with Crippen LogP contribution in [0.2, 0.25) is 0 Å². The third-order valence-electron chi connectivity index (χ3n) is 3.66. The van der Waals surface area contributed by atoms with E-state index in [0.717, 1.165) is 19.4 Å². The molecule has 1 aliphatic heterocycles. The average Bonchev–Trinajstić information content (AvgIpc) is 2.85. The fraction of sp³-hybridized carbons (Fsp3) is 1.00. The van der Waals surface area contributed by atoms with E-state index in [1.54, 1.807) is 0 Å². The minimum atomic E-state index is -0.143. The van der Waals surface area contributed by atoms with Crippen LogP contribution < -0.4 is 0 Å². The lowest BCUT2D eigenvalue weighted by Gasteiger charge is -2.21. The second-order valence-electron chi connectivity index (χ2n) is 5.02. The molecule has 2 aliphatic rings. The molecule has 1 atom stereocenters. The summed E-state index contributed by atoms with van der Waals surface area (Å²) in [4.78, 5) is 0. The molecule has 0 bridgehead atoms. The van der Waals surface area contributed by atoms with E-state index in [1.165, 1.54) is 44.9 Å². The van der Waals surface area contributed by atoms with Crippen LogP contribution in [0.5, 0.6) is 0 Å². The maximum absolute atomic E-state index is 6.07. The van der Waals surface area contributed by atoms with E-state index in [9.17, 15) is 0 Å². The maximum atomic E-state index is 6.07. The summed E-state index contributed by atoms with van der Waals surface area (Å²) in [6.07, 6.45) is 11.7. The molecule has 0 N–H and O–H groups in total. The van der Waals surface area contributed by atoms with E-state index in [2.05, 4.69) is 6.92 Å². The molecule has 1 aliphatic carbocycles. The normalized spacial score (nSPS) is 29.0. The molecule has 1 saturated carbocycles. The number of hydrogen-bond donors (Lipinski definition) is 0. The minimum Gasteiger partial charge on any atom is -0.347 e. The predicted octanol–water partition coefficient (Wildman–Crippen LogP) is 3.64. The molecule has 0 aromatic carbocycles. The summed E-state index contributed by atoms with van der Waals surface area (Å²) in [5.41, 5.74) is 0. The van der Waals surface area contributed by atoms with E-state index in [-0.39, 0.29) is 5.79 Å². The number of unbranched alkanes of at least 4 members (excludes halogenated alkanes) is 3. The van der Waals surface area contributed by atoms with Crippen molar-refractivity contribution in [3.63, 3.8) is 0 Å². The fourth-order valence-corrected chi connectivity index (χ4v) is 2.73. The molecule has 0 aromatic heterocycles. The van der Waals surface area contributed by atoms with Crippen LogP contribution in [-0.4, -0.2) is 18.5 Å². The zero-order valence-corrected chi connectivity index (χ0v) is 9.96. The standard InChI is InChI=1S/C13H24O2/c1-2-3-4-5-8-12-11-14-13(15-12)9-6-7-10-13/h12H,2-11H2,1H3. The summed E-state index contributed by atoms with van der Waals surface area (Å²) in [6.45, 7) is 3.09. The Hall–Kier alpha value is -0.0800. The van der Waals surface area contributed by atoms with Gasteiger partial charge in [0.05, 0.1) is 12.7 Å². The maximum Gasteiger partial charge on any atom is 0.168 e. The molecular formula is C13H24O2. The van der Waals surface area contributed by atoms with Crippen molar-refractivity contribution in [2.75, 3.05) is 6.61 Å². The summed E-state index contributed by atoms with van der Waals surface area (Å²) < 4.78 is 11.9. The smallest absolute Gasteiger partial charge is 0.168 e. The molecule has 0 aromatic rings. The van der Waals surface area contributed by atoms with Gasteiger partial charge < -0.3 is 9.47 Å². The van der Waals surface area contributed by atoms with Crippen LogP contribution in [0.25, 0.3) is 0 Å². The highest BCUT2D eigenvalue weighted by Crippen LogP contribution is 2.40. The Labute approximate surface area is 93.3 Å². The van der Waals surface area contributed by atoms with E-state index in [4.69, 9.17) is 9.47 Å². The summed E-state index contributed by atoms with van der Waals surface area (Å²) in [6, 6.07) is 0. The topological polar surface area (TPSA) is 18.5 Å². The van der Waals surface area contributed by atoms with Crippen LogP contribution in [0.1, 0.15) is 64.7 Å². The van der Waals surface area contributed by atoms with Gasteiger partial charge in [-0.1, -0.05) is 32.6 Å². The van der Waals surface area contributed by atoms with Crippen molar-refractivity contribution in [1.82, 2.24) is 0 Å². The lowest BCUT2D eigenvalue weighted by molar-refractivity contribution is -0.162. The highest BCUT2D eigenvalue weighted by atomic mass is 16.7. The van der Waals surface area contributed by atoms with Crippen LogP contribution >= 0.6 is 0 Å². The molecule has 1 heterocycles. The van der Waals surface area contributed by atoms with E-state index in [0.29, 0.717) is 6.10 Å². The number of hydrogen-bond acceptors (Lipinski definition) is 2. The zero-order valence-electron chi connectivity index (χ0n) is 9.96. The molecule has 0 radical (unpaired) electrons. The third kappa shape index (κ3) is 2.94. The van der Waals surface area contributed by atoms with Gasteiger partial charge in [0, 0.05) is 12.8 Å². The van der Waals surface area contributed by atoms with Gasteiger partial charge in [-0.15, -0.1) is 0 Å². The molecule has 88 valence electrons. The van der Waals surface area contributed by atoms with E-state index >= 15 is 0 Å². The molecule has 0 amide bonds. The fourth-order valence-electron chi connectivity index (χ4n) is 2.73. The van der Waals surface area contributed by atoms with Crippen molar-refractivity contribution in [1.29, 1.82) is 0 Å². The van der Waals surface area contributed by atoms with E-state index in [1.807, 2.05) is 0 Å². The SMILES string of the molecule is CCCCCCC1COC2(CCCC2)O1. The first-order valence-corrected chi connectivity index (χ1v) is 6.66. The minimum absolute atomic E-state index is 0.143. The lowest BCUT2D eigenvalue weighted by Crippen LogP contribution is -2.26. The molecule has 15 heavy (non-hydrogen) atoms. The third-order valence-corrected chi connectivity index (χ3v) is 3.66. The Balaban J connectivity index is 1.64. The van der Waals surface area contributed by atoms with Crippen LogP contribution in [0.15, 0.2) is 0 Å². The van der Waals surface area contributed by atoms with E-state index < -0.39 is 0 Å². The Morgan fingerprint density at radius 1 is 1.13 bits per heavy atom. The second-order valence-corrected chi connectivity index (χ2v) is 5.02. The Morgan fingerprint density at radius 3 is 2.67 bits per heavy atom. The summed E-state index contributed by atoms with van der Waals surface area (Å²) >= 11 is 0. The first-order chi connectivity index (χ1) is 7.35. The molecule has 2 fully saturated rings. The molecule has 1 saturated heterocycles. The van der Waals surface area contributed by atoms with Crippen molar-refractivity contribution in [2.24, 2.45) is 0 Å². The number of rotatable bonds is 5. The van der Waals surface area contributed by atoms with Gasteiger partial charge in [0.1, 0.15) is 0 Å². The van der Waals surface area contributed by atoms with Gasteiger partial charge in [-0.25, -0.2) is 0 Å². The quantitative estimate of drug-likeness (QED) is 0.648. The highest BCUT2D eigenvalue weighted by molar-refractivity contribution is 4.83. The van der Waals surface area contributed by atoms with Gasteiger partial charge in [-0.2, -0.15) is 0 Å². The van der Waals surface area contributed by atoms with Gasteiger partial charge in [-0.05, 0) is 19.3 Å². The molecule has 1 unspecified atom stereocenters. The number of ether oxygens (including phenoxy) is 2. The van der Waals surface area contributed by atoms with Gasteiger partial charge in [0.2, 0.25) is 0 Å². The molecule has 1 spiro atoms. The lowest BCUT2D eigenvalue weighted by atomic mass is 10.1. The molecular weight excluding hydrogens is 188 g/mol. The molecule has 2 rings (SSSR count). The van der Waals surface area contributed by atoms with Crippen LogP contribution in [0, 0.1) is 0 Å². The van der Waals surface area contributed by atoms with Crippen molar-refractivity contribution in [2.45, 2.75) is 76.6 Å². The molecule has 2 nitrogen and oxygen atoms in total. The zero-order chi connectivity index (χ0) is 10.6. The Kier molecular flexibility index (Phi) is 4.04. The van der Waals surface area contributed by atoms with Crippen molar-refractivity contribution in [3.05, 3.63) is 0 Å². The second kappa shape index (κ2) is 5.31. The van der Waals surface area contributed by atoms with Crippen molar-refractivity contribution >= 4 is 0 Å². The highest BCUT2D eigenvalue weighted by Gasteiger charge is 2.43. The molecule has 2 heteroatoms. The van der Waals surface area contributed by atoms with Crippen LogP contribution in [0.3, 0.4) is 0 Å². The van der Waals surface area contributed by atoms with Crippen molar-refractivity contribution < 1.29 is 9.47 Å². The Morgan fingerprint density at radius 2 is 1.93 bits per heavy atom. The van der Waals surface area contributed by atoms with Crippen molar-refractivity contribution in [3.8, 4) is 0 Å². The van der Waals surface area contributed by atoms with Gasteiger partial charge >= 0.3 is 0 Å². The van der Waals surface area contributed by atoms with Gasteiger partial charge in [-0.3, -0.25) is 0 Å². The van der Waals surface area contributed by atoms with Gasteiger partial charge in [0.15, 0.2) is 5.79 Å². The first-order valence-electron chi connectivity index (χ1n) is 6.66. The monoisotopic (exact) mass is 212 g/mol.